The van der Waals surface area contributed by atoms with Crippen molar-refractivity contribution in [2.45, 2.75) is 18.5 Å². The topological polar surface area (TPSA) is 110 Å². The van der Waals surface area contributed by atoms with Crippen molar-refractivity contribution < 1.29 is 24.6 Å². The first-order chi connectivity index (χ1) is 15.1. The lowest BCUT2D eigenvalue weighted by Crippen LogP contribution is -2.58. The lowest BCUT2D eigenvalue weighted by Gasteiger charge is -2.29. The molecule has 4 atom stereocenters. The molecule has 0 aromatic heterocycles. The quantitative estimate of drug-likeness (QED) is 0.589. The summed E-state index contributed by atoms with van der Waals surface area (Å²) < 4.78 is 0. The normalized spacial score (nSPS) is 27.0. The summed E-state index contributed by atoms with van der Waals surface area (Å²) in [7, 11) is 3.79. The smallest absolute Gasteiger partial charge is 0.327 e. The number of aliphatic hydroxyl groups excluding tert-OH is 1. The Morgan fingerprint density at radius 1 is 1.16 bits per heavy atom. The Morgan fingerprint density at radius 3 is 2.34 bits per heavy atom. The minimum atomic E-state index is -1.98. The molecular formula is C23H24ClN3O5. The van der Waals surface area contributed by atoms with Gasteiger partial charge in [-0.25, -0.2) is 4.90 Å². The summed E-state index contributed by atoms with van der Waals surface area (Å²) in [4.78, 5) is 42.1. The fourth-order valence-corrected chi connectivity index (χ4v) is 4.83. The third-order valence-corrected chi connectivity index (χ3v) is 6.87. The van der Waals surface area contributed by atoms with Crippen LogP contribution in [-0.4, -0.2) is 54.2 Å². The zero-order valence-electron chi connectivity index (χ0n) is 17.9. The number of carboxylic acid groups (broad SMARTS) is 1. The van der Waals surface area contributed by atoms with Crippen molar-refractivity contribution in [3.63, 3.8) is 0 Å². The van der Waals surface area contributed by atoms with Crippen molar-refractivity contribution in [3.05, 3.63) is 58.6 Å². The number of fused-ring (bicyclic) bond motifs is 1. The second-order valence-corrected chi connectivity index (χ2v) is 8.90. The third kappa shape index (κ3) is 3.18. The van der Waals surface area contributed by atoms with Gasteiger partial charge in [0.25, 0.3) is 0 Å². The molecule has 4 rings (SSSR count). The van der Waals surface area contributed by atoms with E-state index in [-0.39, 0.29) is 5.69 Å². The highest BCUT2D eigenvalue weighted by molar-refractivity contribution is 6.32. The van der Waals surface area contributed by atoms with Crippen LogP contribution in [0.5, 0.6) is 0 Å². The number of aliphatic carboxylic acids is 1. The largest absolute Gasteiger partial charge is 0.480 e. The zero-order chi connectivity index (χ0) is 23.4. The number of nitrogens with zero attached hydrogens (tertiary/aromatic N) is 2. The SMILES string of the molecule is Cc1ccc(N2C(=O)C3C(c4ccc(N(C)C)cc4)NC(CO)(C(=O)O)C3C2=O)cc1Cl. The molecule has 0 aliphatic carbocycles. The van der Waals surface area contributed by atoms with Gasteiger partial charge in [0.15, 0.2) is 5.54 Å². The molecule has 0 saturated carbocycles. The van der Waals surface area contributed by atoms with Crippen LogP contribution in [0, 0.1) is 18.8 Å². The van der Waals surface area contributed by atoms with E-state index >= 15 is 0 Å². The number of imide groups is 1. The number of benzene rings is 2. The van der Waals surface area contributed by atoms with E-state index in [1.807, 2.05) is 31.1 Å². The van der Waals surface area contributed by atoms with Gasteiger partial charge in [-0.05, 0) is 42.3 Å². The van der Waals surface area contributed by atoms with Crippen molar-refractivity contribution in [1.29, 1.82) is 0 Å². The number of carboxylic acids is 1. The number of hydrogen-bond acceptors (Lipinski definition) is 6. The molecule has 0 bridgehead atoms. The van der Waals surface area contributed by atoms with Gasteiger partial charge in [-0.15, -0.1) is 0 Å². The molecule has 9 heteroatoms. The molecule has 2 aromatic rings. The highest BCUT2D eigenvalue weighted by Crippen LogP contribution is 2.50. The third-order valence-electron chi connectivity index (χ3n) is 6.47. The number of carbonyl (C=O) groups is 3. The summed E-state index contributed by atoms with van der Waals surface area (Å²) in [5, 5.41) is 23.4. The van der Waals surface area contributed by atoms with Crippen LogP contribution in [0.1, 0.15) is 17.2 Å². The van der Waals surface area contributed by atoms with Gasteiger partial charge in [0, 0.05) is 30.8 Å². The van der Waals surface area contributed by atoms with E-state index in [1.54, 1.807) is 31.2 Å². The van der Waals surface area contributed by atoms with Crippen LogP contribution < -0.4 is 15.1 Å². The predicted octanol–water partition coefficient (Wildman–Crippen LogP) is 1.98. The van der Waals surface area contributed by atoms with Crippen molar-refractivity contribution in [2.24, 2.45) is 11.8 Å². The Balaban J connectivity index is 1.82. The van der Waals surface area contributed by atoms with Crippen molar-refractivity contribution in [1.82, 2.24) is 5.32 Å². The van der Waals surface area contributed by atoms with Crippen molar-refractivity contribution in [3.8, 4) is 0 Å². The van der Waals surface area contributed by atoms with E-state index in [1.165, 1.54) is 6.07 Å². The van der Waals surface area contributed by atoms with Crippen LogP contribution in [0.2, 0.25) is 5.02 Å². The van der Waals surface area contributed by atoms with Gasteiger partial charge in [0.05, 0.1) is 24.1 Å². The monoisotopic (exact) mass is 457 g/mol. The molecule has 168 valence electrons. The molecule has 2 aromatic carbocycles. The van der Waals surface area contributed by atoms with Crippen LogP contribution in [0.25, 0.3) is 0 Å². The van der Waals surface area contributed by atoms with Gasteiger partial charge in [0.1, 0.15) is 0 Å². The van der Waals surface area contributed by atoms with Gasteiger partial charge in [-0.1, -0.05) is 29.8 Å². The fourth-order valence-electron chi connectivity index (χ4n) is 4.65. The maximum Gasteiger partial charge on any atom is 0.327 e. The molecule has 2 aliphatic rings. The highest BCUT2D eigenvalue weighted by atomic mass is 35.5. The van der Waals surface area contributed by atoms with Crippen LogP contribution in [0.3, 0.4) is 0 Å². The van der Waals surface area contributed by atoms with Crippen LogP contribution in [0.4, 0.5) is 11.4 Å². The van der Waals surface area contributed by atoms with E-state index in [2.05, 4.69) is 5.32 Å². The highest BCUT2D eigenvalue weighted by Gasteiger charge is 2.68. The maximum absolute atomic E-state index is 13.5. The molecule has 3 N–H and O–H groups in total. The first-order valence-electron chi connectivity index (χ1n) is 10.2. The number of hydrogen-bond donors (Lipinski definition) is 3. The number of aliphatic hydroxyl groups is 1. The van der Waals surface area contributed by atoms with Gasteiger partial charge in [0.2, 0.25) is 11.8 Å². The number of carbonyl (C=O) groups excluding carboxylic acids is 2. The van der Waals surface area contributed by atoms with E-state index in [0.717, 1.165) is 16.2 Å². The number of nitrogens with one attached hydrogen (secondary N) is 1. The van der Waals surface area contributed by atoms with Gasteiger partial charge in [-0.2, -0.15) is 0 Å². The minimum Gasteiger partial charge on any atom is -0.480 e. The van der Waals surface area contributed by atoms with Crippen LogP contribution in [0.15, 0.2) is 42.5 Å². The maximum atomic E-state index is 13.5. The number of halogens is 1. The van der Waals surface area contributed by atoms with Crippen molar-refractivity contribution in [2.75, 3.05) is 30.5 Å². The predicted molar refractivity (Wildman–Crippen MR) is 120 cm³/mol. The first kappa shape index (κ1) is 22.3. The lowest BCUT2D eigenvalue weighted by molar-refractivity contribution is -0.150. The summed E-state index contributed by atoms with van der Waals surface area (Å²) in [6.45, 7) is 0.963. The standard InChI is InChI=1S/C23H24ClN3O5/c1-12-4-7-15(10-16(12)24)27-20(29)17-18(21(27)30)23(11-28,22(31)32)25-19(17)13-5-8-14(9-6-13)26(2)3/h4-10,17-19,25,28H,11H2,1-3H3,(H,31,32). The minimum absolute atomic E-state index is 0.281. The Morgan fingerprint density at radius 2 is 1.81 bits per heavy atom. The van der Waals surface area contributed by atoms with Gasteiger partial charge < -0.3 is 15.1 Å². The second kappa shape index (κ2) is 7.88. The summed E-state index contributed by atoms with van der Waals surface area (Å²) >= 11 is 6.21. The molecule has 2 fully saturated rings. The Labute approximate surface area is 190 Å². The van der Waals surface area contributed by atoms with Gasteiger partial charge in [-0.3, -0.25) is 19.7 Å². The molecule has 8 nitrogen and oxygen atoms in total. The summed E-state index contributed by atoms with van der Waals surface area (Å²) in [5.41, 5.74) is 0.673. The molecule has 2 aliphatic heterocycles. The number of rotatable bonds is 5. The number of aryl methyl sites for hydroxylation is 1. The van der Waals surface area contributed by atoms with E-state index < -0.39 is 47.8 Å². The number of amides is 2. The Hall–Kier alpha value is -2.94. The summed E-state index contributed by atoms with van der Waals surface area (Å²) in [6, 6.07) is 11.3. The fraction of sp³-hybridized carbons (Fsp3) is 0.348. The van der Waals surface area contributed by atoms with Crippen LogP contribution >= 0.6 is 11.6 Å². The lowest BCUT2D eigenvalue weighted by atomic mass is 9.79. The van der Waals surface area contributed by atoms with Crippen molar-refractivity contribution >= 4 is 40.8 Å². The van der Waals surface area contributed by atoms with E-state index in [0.29, 0.717) is 10.6 Å². The molecule has 0 spiro atoms. The molecule has 0 radical (unpaired) electrons. The molecule has 2 amide bonds. The zero-order valence-corrected chi connectivity index (χ0v) is 18.6. The average Bonchev–Trinajstić information content (AvgIpc) is 3.25. The summed E-state index contributed by atoms with van der Waals surface area (Å²) in [6.07, 6.45) is 0. The Bertz CT molecular complexity index is 1100. The second-order valence-electron chi connectivity index (χ2n) is 8.49. The molecule has 32 heavy (non-hydrogen) atoms. The van der Waals surface area contributed by atoms with E-state index in [9.17, 15) is 24.6 Å². The average molecular weight is 458 g/mol. The molecular weight excluding hydrogens is 434 g/mol. The molecule has 4 unspecified atom stereocenters. The molecule has 2 heterocycles. The van der Waals surface area contributed by atoms with Crippen LogP contribution in [-0.2, 0) is 14.4 Å². The Kier molecular flexibility index (Phi) is 5.48. The van der Waals surface area contributed by atoms with Gasteiger partial charge >= 0.3 is 5.97 Å². The number of anilines is 2. The summed E-state index contributed by atoms with van der Waals surface area (Å²) in [5.74, 6) is -4.83. The molecule has 2 saturated heterocycles. The van der Waals surface area contributed by atoms with E-state index in [4.69, 9.17) is 11.6 Å². The first-order valence-corrected chi connectivity index (χ1v) is 10.5.